The van der Waals surface area contributed by atoms with Crippen LogP contribution in [0.3, 0.4) is 0 Å². The van der Waals surface area contributed by atoms with Crippen LogP contribution in [0.15, 0.2) is 12.1 Å². The molecule has 2 rings (SSSR count). The van der Waals surface area contributed by atoms with Gasteiger partial charge in [-0.2, -0.15) is 0 Å². The van der Waals surface area contributed by atoms with Crippen molar-refractivity contribution in [2.75, 3.05) is 27.3 Å². The third kappa shape index (κ3) is 1.98. The number of ether oxygens (including phenoxy) is 2. The smallest absolute Gasteiger partial charge is 0.131 e. The predicted molar refractivity (Wildman–Crippen MR) is 65.7 cm³/mol. The first-order valence-corrected chi connectivity index (χ1v) is 5.77. The van der Waals surface area contributed by atoms with E-state index in [9.17, 15) is 5.11 Å². The van der Waals surface area contributed by atoms with Gasteiger partial charge in [0, 0.05) is 17.7 Å². The minimum atomic E-state index is -0.831. The topological polar surface area (TPSA) is 50.7 Å². The zero-order chi connectivity index (χ0) is 12.5. The van der Waals surface area contributed by atoms with E-state index in [0.29, 0.717) is 13.0 Å². The highest BCUT2D eigenvalue weighted by Gasteiger charge is 2.36. The van der Waals surface area contributed by atoms with E-state index in [1.165, 1.54) is 0 Å². The predicted octanol–water partition coefficient (Wildman–Crippen LogP) is 1.19. The quantitative estimate of drug-likeness (QED) is 0.829. The van der Waals surface area contributed by atoms with Crippen LogP contribution < -0.4 is 14.8 Å². The number of rotatable bonds is 3. The second-order valence-corrected chi connectivity index (χ2v) is 4.43. The minimum Gasteiger partial charge on any atom is -0.496 e. The number of nitrogens with one attached hydrogen (secondary N) is 1. The van der Waals surface area contributed by atoms with Crippen LogP contribution in [0, 0.1) is 6.92 Å². The van der Waals surface area contributed by atoms with Crippen molar-refractivity contribution in [3.8, 4) is 11.5 Å². The first-order chi connectivity index (χ1) is 8.12. The lowest BCUT2D eigenvalue weighted by Gasteiger charge is -2.25. The highest BCUT2D eigenvalue weighted by Crippen LogP contribution is 2.39. The molecule has 1 heterocycles. The SMILES string of the molecule is COc1ccc(C2(O)CCNC2)c(OC)c1C. The molecular formula is C13H19NO3. The molecule has 0 spiro atoms. The number of β-amino-alcohol motifs (C(OH)–C–C–N with tert-alkyl or cyclic N) is 1. The number of methoxy groups -OCH3 is 2. The van der Waals surface area contributed by atoms with Gasteiger partial charge < -0.3 is 19.9 Å². The maximum atomic E-state index is 10.6. The summed E-state index contributed by atoms with van der Waals surface area (Å²) < 4.78 is 10.7. The first-order valence-electron chi connectivity index (χ1n) is 5.77. The molecule has 0 amide bonds. The Hall–Kier alpha value is -1.26. The third-order valence-electron chi connectivity index (χ3n) is 3.41. The summed E-state index contributed by atoms with van der Waals surface area (Å²) in [4.78, 5) is 0. The van der Waals surface area contributed by atoms with E-state index in [1.54, 1.807) is 14.2 Å². The molecule has 1 fully saturated rings. The fourth-order valence-corrected chi connectivity index (χ4v) is 2.43. The Balaban J connectivity index is 2.50. The van der Waals surface area contributed by atoms with Crippen molar-refractivity contribution < 1.29 is 14.6 Å². The minimum absolute atomic E-state index is 0.565. The molecule has 1 aliphatic rings. The third-order valence-corrected chi connectivity index (χ3v) is 3.41. The molecule has 1 saturated heterocycles. The Bertz CT molecular complexity index is 411. The van der Waals surface area contributed by atoms with Crippen molar-refractivity contribution in [3.63, 3.8) is 0 Å². The highest BCUT2D eigenvalue weighted by atomic mass is 16.5. The van der Waals surface area contributed by atoms with Gasteiger partial charge in [0.15, 0.2) is 0 Å². The fraction of sp³-hybridized carbons (Fsp3) is 0.538. The molecular weight excluding hydrogens is 218 g/mol. The van der Waals surface area contributed by atoms with Crippen molar-refractivity contribution in [1.29, 1.82) is 0 Å². The molecule has 1 aromatic carbocycles. The number of aliphatic hydroxyl groups is 1. The summed E-state index contributed by atoms with van der Waals surface area (Å²) in [5, 5.41) is 13.8. The van der Waals surface area contributed by atoms with Gasteiger partial charge in [0.2, 0.25) is 0 Å². The van der Waals surface area contributed by atoms with Crippen LogP contribution in [0.25, 0.3) is 0 Å². The van der Waals surface area contributed by atoms with Gasteiger partial charge in [-0.1, -0.05) is 0 Å². The Morgan fingerprint density at radius 2 is 2.06 bits per heavy atom. The van der Waals surface area contributed by atoms with Gasteiger partial charge >= 0.3 is 0 Å². The normalized spacial score (nSPS) is 23.8. The zero-order valence-electron chi connectivity index (χ0n) is 10.5. The highest BCUT2D eigenvalue weighted by molar-refractivity contribution is 5.51. The lowest BCUT2D eigenvalue weighted by Crippen LogP contribution is -2.29. The van der Waals surface area contributed by atoms with Gasteiger partial charge in [-0.25, -0.2) is 0 Å². The van der Waals surface area contributed by atoms with Gasteiger partial charge in [-0.3, -0.25) is 0 Å². The van der Waals surface area contributed by atoms with Gasteiger partial charge in [-0.05, 0) is 32.0 Å². The molecule has 4 nitrogen and oxygen atoms in total. The molecule has 4 heteroatoms. The summed E-state index contributed by atoms with van der Waals surface area (Å²) in [5.41, 5.74) is 0.929. The lowest BCUT2D eigenvalue weighted by atomic mass is 9.90. The average Bonchev–Trinajstić information content (AvgIpc) is 2.77. The second-order valence-electron chi connectivity index (χ2n) is 4.43. The molecule has 17 heavy (non-hydrogen) atoms. The van der Waals surface area contributed by atoms with E-state index in [0.717, 1.165) is 29.2 Å². The first kappa shape index (κ1) is 12.2. The molecule has 0 saturated carbocycles. The van der Waals surface area contributed by atoms with Crippen molar-refractivity contribution in [2.24, 2.45) is 0 Å². The van der Waals surface area contributed by atoms with Crippen LogP contribution in [0.1, 0.15) is 17.5 Å². The largest absolute Gasteiger partial charge is 0.496 e. The van der Waals surface area contributed by atoms with Crippen molar-refractivity contribution >= 4 is 0 Å². The molecule has 1 aliphatic heterocycles. The summed E-state index contributed by atoms with van der Waals surface area (Å²) in [6, 6.07) is 3.77. The van der Waals surface area contributed by atoms with Crippen LogP contribution in [0.4, 0.5) is 0 Å². The van der Waals surface area contributed by atoms with Crippen LogP contribution in [-0.2, 0) is 5.60 Å². The summed E-state index contributed by atoms with van der Waals surface area (Å²) >= 11 is 0. The fourth-order valence-electron chi connectivity index (χ4n) is 2.43. The van der Waals surface area contributed by atoms with E-state index < -0.39 is 5.60 Å². The molecule has 1 unspecified atom stereocenters. The van der Waals surface area contributed by atoms with Crippen LogP contribution in [0.2, 0.25) is 0 Å². The molecule has 1 atom stereocenters. The Morgan fingerprint density at radius 1 is 1.29 bits per heavy atom. The molecule has 0 bridgehead atoms. The standard InChI is InChI=1S/C13H19NO3/c1-9-11(16-2)5-4-10(12(9)17-3)13(15)6-7-14-8-13/h4-5,14-15H,6-8H2,1-3H3. The van der Waals surface area contributed by atoms with Crippen LogP contribution in [-0.4, -0.2) is 32.4 Å². The second kappa shape index (κ2) is 4.55. The van der Waals surface area contributed by atoms with Crippen LogP contribution >= 0.6 is 0 Å². The van der Waals surface area contributed by atoms with Gasteiger partial charge in [-0.15, -0.1) is 0 Å². The Labute approximate surface area is 102 Å². The Kier molecular flexibility index (Phi) is 3.26. The van der Waals surface area contributed by atoms with Crippen molar-refractivity contribution in [1.82, 2.24) is 5.32 Å². The maximum absolute atomic E-state index is 10.6. The van der Waals surface area contributed by atoms with Crippen molar-refractivity contribution in [2.45, 2.75) is 18.9 Å². The molecule has 0 aromatic heterocycles. The van der Waals surface area contributed by atoms with Gasteiger partial charge in [0.1, 0.15) is 17.1 Å². The summed E-state index contributed by atoms with van der Waals surface area (Å²) in [6.07, 6.45) is 0.704. The molecule has 0 aliphatic carbocycles. The molecule has 94 valence electrons. The Morgan fingerprint density at radius 3 is 2.59 bits per heavy atom. The monoisotopic (exact) mass is 237 g/mol. The van der Waals surface area contributed by atoms with Crippen molar-refractivity contribution in [3.05, 3.63) is 23.3 Å². The zero-order valence-corrected chi connectivity index (χ0v) is 10.5. The average molecular weight is 237 g/mol. The maximum Gasteiger partial charge on any atom is 0.131 e. The van der Waals surface area contributed by atoms with Gasteiger partial charge in [0.05, 0.1) is 14.2 Å². The number of hydrogen-bond donors (Lipinski definition) is 2. The molecule has 2 N–H and O–H groups in total. The van der Waals surface area contributed by atoms with E-state index in [4.69, 9.17) is 9.47 Å². The lowest BCUT2D eigenvalue weighted by molar-refractivity contribution is 0.0559. The molecule has 1 aromatic rings. The van der Waals surface area contributed by atoms with Crippen LogP contribution in [0.5, 0.6) is 11.5 Å². The van der Waals surface area contributed by atoms with E-state index in [-0.39, 0.29) is 0 Å². The van der Waals surface area contributed by atoms with E-state index in [2.05, 4.69) is 5.32 Å². The summed E-state index contributed by atoms with van der Waals surface area (Å²) in [5.74, 6) is 1.50. The summed E-state index contributed by atoms with van der Waals surface area (Å²) in [6.45, 7) is 3.33. The molecule has 0 radical (unpaired) electrons. The van der Waals surface area contributed by atoms with E-state index >= 15 is 0 Å². The summed E-state index contributed by atoms with van der Waals surface area (Å²) in [7, 11) is 3.25. The van der Waals surface area contributed by atoms with Gasteiger partial charge in [0.25, 0.3) is 0 Å². The number of hydrogen-bond acceptors (Lipinski definition) is 4. The van der Waals surface area contributed by atoms with E-state index in [1.807, 2.05) is 19.1 Å². The number of benzene rings is 1.